The summed E-state index contributed by atoms with van der Waals surface area (Å²) in [4.78, 5) is 50.3. The van der Waals surface area contributed by atoms with E-state index in [4.69, 9.17) is 19.3 Å². The second kappa shape index (κ2) is 18.8. The van der Waals surface area contributed by atoms with Gasteiger partial charge in [-0.3, -0.25) is 24.5 Å². The first-order valence-corrected chi connectivity index (χ1v) is 14.6. The Morgan fingerprint density at radius 3 is 2.46 bits per heavy atom. The fourth-order valence-corrected chi connectivity index (χ4v) is 5.02. The number of amides is 2. The lowest BCUT2D eigenvalue weighted by molar-refractivity contribution is -0.385. The summed E-state index contributed by atoms with van der Waals surface area (Å²) in [5.74, 6) is -1.34. The molecule has 220 valence electrons. The molecule has 0 aliphatic carbocycles. The molecular weight excluding hydrogens is 552 g/mol. The van der Waals surface area contributed by atoms with Crippen molar-refractivity contribution in [2.75, 3.05) is 33.4 Å². The Hall–Kier alpha value is -2.46. The standard InChI is InChI=1S/C24H38N4O9S2/c1-5-18(15-29)37-23(35-4)16-36-22(32)13-20(31)26-12-6-11-25-19(30)9-10-24(2,3)39-38-21-8-7-17(14-27-21)28(33)34/h7-8,14,18,23,29H,5-6,9-13,15-16H2,1-4H3,(H,25,30)(H,26,31). The summed E-state index contributed by atoms with van der Waals surface area (Å²) in [5.41, 5.74) is -0.0649. The van der Waals surface area contributed by atoms with Gasteiger partial charge in [-0.05, 0) is 50.0 Å². The first-order chi connectivity index (χ1) is 18.5. The van der Waals surface area contributed by atoms with Crippen LogP contribution in [-0.2, 0) is 28.6 Å². The third-order valence-electron chi connectivity index (χ3n) is 5.19. The SMILES string of the molecule is CCC(CO)OC(COC(=O)CC(=O)NCCCNC(=O)CCC(C)(C)SSc1ccc([N+](=O)[O-])cn1)OC. The molecule has 0 saturated carbocycles. The molecule has 1 rings (SSSR count). The average Bonchev–Trinajstić information content (AvgIpc) is 2.91. The van der Waals surface area contributed by atoms with Gasteiger partial charge in [0.1, 0.15) is 24.3 Å². The molecule has 2 amide bonds. The van der Waals surface area contributed by atoms with Crippen molar-refractivity contribution in [2.24, 2.45) is 0 Å². The highest BCUT2D eigenvalue weighted by Crippen LogP contribution is 2.42. The fraction of sp³-hybridized carbons (Fsp3) is 0.667. The van der Waals surface area contributed by atoms with Crippen LogP contribution < -0.4 is 10.6 Å². The fourth-order valence-electron chi connectivity index (χ4n) is 2.83. The molecular formula is C24H38N4O9S2. The van der Waals surface area contributed by atoms with Crippen LogP contribution in [0.5, 0.6) is 0 Å². The van der Waals surface area contributed by atoms with Gasteiger partial charge in [0.25, 0.3) is 5.69 Å². The van der Waals surface area contributed by atoms with E-state index < -0.39 is 35.6 Å². The zero-order chi connectivity index (χ0) is 29.3. The van der Waals surface area contributed by atoms with Crippen LogP contribution in [0.25, 0.3) is 0 Å². The Bertz CT molecular complexity index is 915. The Balaban J connectivity index is 2.18. The van der Waals surface area contributed by atoms with Gasteiger partial charge in [-0.2, -0.15) is 0 Å². The predicted octanol–water partition coefficient (Wildman–Crippen LogP) is 2.60. The number of esters is 1. The van der Waals surface area contributed by atoms with Crippen LogP contribution in [-0.4, -0.2) is 83.4 Å². The number of ether oxygens (including phenoxy) is 3. The highest BCUT2D eigenvalue weighted by molar-refractivity contribution is 8.77. The summed E-state index contributed by atoms with van der Waals surface area (Å²) in [7, 11) is 4.31. The van der Waals surface area contributed by atoms with Gasteiger partial charge in [0, 0.05) is 37.4 Å². The largest absolute Gasteiger partial charge is 0.460 e. The Labute approximate surface area is 236 Å². The molecule has 0 spiro atoms. The number of rotatable bonds is 20. The molecule has 0 bridgehead atoms. The van der Waals surface area contributed by atoms with Gasteiger partial charge in [-0.15, -0.1) is 0 Å². The lowest BCUT2D eigenvalue weighted by Gasteiger charge is -2.22. The number of hydrogen-bond donors (Lipinski definition) is 3. The number of carbonyl (C=O) groups is 3. The van der Waals surface area contributed by atoms with Gasteiger partial charge in [0.05, 0.1) is 17.6 Å². The molecule has 1 heterocycles. The minimum absolute atomic E-state index is 0.0649. The van der Waals surface area contributed by atoms with E-state index in [0.29, 0.717) is 37.3 Å². The minimum Gasteiger partial charge on any atom is -0.460 e. The van der Waals surface area contributed by atoms with Crippen molar-refractivity contribution >= 4 is 45.1 Å². The number of nitro groups is 1. The molecule has 1 aromatic heterocycles. The minimum atomic E-state index is -0.840. The van der Waals surface area contributed by atoms with E-state index >= 15 is 0 Å². The van der Waals surface area contributed by atoms with E-state index in [-0.39, 0.29) is 36.1 Å². The number of hydrogen-bond acceptors (Lipinski definition) is 12. The highest BCUT2D eigenvalue weighted by atomic mass is 33.1. The maximum atomic E-state index is 12.2. The summed E-state index contributed by atoms with van der Waals surface area (Å²) in [6.45, 7) is 6.11. The molecule has 15 heteroatoms. The van der Waals surface area contributed by atoms with Gasteiger partial charge in [-0.25, -0.2) is 4.98 Å². The van der Waals surface area contributed by atoms with Crippen molar-refractivity contribution < 1.29 is 38.6 Å². The molecule has 0 aliphatic heterocycles. The van der Waals surface area contributed by atoms with Crippen LogP contribution in [0.2, 0.25) is 0 Å². The number of methoxy groups -OCH3 is 1. The molecule has 0 fully saturated rings. The van der Waals surface area contributed by atoms with E-state index in [0.717, 1.165) is 0 Å². The van der Waals surface area contributed by atoms with Crippen LogP contribution in [0.4, 0.5) is 5.69 Å². The first-order valence-electron chi connectivity index (χ1n) is 12.4. The van der Waals surface area contributed by atoms with Crippen LogP contribution in [0.15, 0.2) is 23.4 Å². The van der Waals surface area contributed by atoms with E-state index in [9.17, 15) is 24.5 Å². The lowest BCUT2D eigenvalue weighted by atomic mass is 10.1. The number of pyridine rings is 1. The quantitative estimate of drug-likeness (QED) is 0.0385. The van der Waals surface area contributed by atoms with E-state index in [1.54, 1.807) is 6.07 Å². The summed E-state index contributed by atoms with van der Waals surface area (Å²) in [6, 6.07) is 3.00. The summed E-state index contributed by atoms with van der Waals surface area (Å²) < 4.78 is 15.3. The molecule has 39 heavy (non-hydrogen) atoms. The van der Waals surface area contributed by atoms with Crippen molar-refractivity contribution in [1.82, 2.24) is 15.6 Å². The molecule has 3 N–H and O–H groups in total. The number of aromatic nitrogens is 1. The molecule has 13 nitrogen and oxygen atoms in total. The van der Waals surface area contributed by atoms with Gasteiger partial charge >= 0.3 is 5.97 Å². The number of nitrogens with zero attached hydrogens (tertiary/aromatic N) is 2. The maximum absolute atomic E-state index is 12.2. The third-order valence-corrected chi connectivity index (χ3v) is 8.45. The summed E-state index contributed by atoms with van der Waals surface area (Å²) >= 11 is 0. The number of aliphatic hydroxyl groups excluding tert-OH is 1. The molecule has 2 unspecified atom stereocenters. The van der Waals surface area contributed by atoms with E-state index in [2.05, 4.69) is 15.6 Å². The van der Waals surface area contributed by atoms with Crippen molar-refractivity contribution in [3.8, 4) is 0 Å². The molecule has 2 atom stereocenters. The zero-order valence-electron chi connectivity index (χ0n) is 22.7. The molecule has 0 saturated heterocycles. The van der Waals surface area contributed by atoms with Gasteiger partial charge in [0.2, 0.25) is 11.8 Å². The summed E-state index contributed by atoms with van der Waals surface area (Å²) in [6.07, 6.45) is 1.46. The van der Waals surface area contributed by atoms with E-state index in [1.165, 1.54) is 41.0 Å². The van der Waals surface area contributed by atoms with Crippen LogP contribution in [0.3, 0.4) is 0 Å². The molecule has 0 radical (unpaired) electrons. The number of nitrogens with one attached hydrogen (secondary N) is 2. The highest BCUT2D eigenvalue weighted by Gasteiger charge is 2.22. The van der Waals surface area contributed by atoms with Crippen LogP contribution in [0, 0.1) is 10.1 Å². The lowest BCUT2D eigenvalue weighted by Crippen LogP contribution is -2.33. The normalized spacial score (nSPS) is 12.8. The Morgan fingerprint density at radius 2 is 1.90 bits per heavy atom. The average molecular weight is 591 g/mol. The monoisotopic (exact) mass is 590 g/mol. The van der Waals surface area contributed by atoms with Gasteiger partial charge in [0.15, 0.2) is 6.29 Å². The van der Waals surface area contributed by atoms with Crippen molar-refractivity contribution in [3.05, 3.63) is 28.4 Å². The Kier molecular flexibility index (Phi) is 16.6. The number of aliphatic hydroxyl groups is 1. The smallest absolute Gasteiger partial charge is 0.315 e. The second-order valence-corrected chi connectivity index (χ2v) is 11.8. The predicted molar refractivity (Wildman–Crippen MR) is 147 cm³/mol. The zero-order valence-corrected chi connectivity index (χ0v) is 24.3. The Morgan fingerprint density at radius 1 is 1.21 bits per heavy atom. The van der Waals surface area contributed by atoms with Crippen molar-refractivity contribution in [3.63, 3.8) is 0 Å². The van der Waals surface area contributed by atoms with E-state index in [1.807, 2.05) is 20.8 Å². The second-order valence-electron chi connectivity index (χ2n) is 8.97. The van der Waals surface area contributed by atoms with Gasteiger partial charge < -0.3 is 30.0 Å². The third kappa shape index (κ3) is 15.7. The van der Waals surface area contributed by atoms with Crippen LogP contribution >= 0.6 is 21.6 Å². The van der Waals surface area contributed by atoms with Gasteiger partial charge in [-0.1, -0.05) is 17.7 Å². The topological polar surface area (TPSA) is 179 Å². The maximum Gasteiger partial charge on any atom is 0.315 e. The number of carbonyl (C=O) groups excluding carboxylic acids is 3. The summed E-state index contributed by atoms with van der Waals surface area (Å²) in [5, 5.41) is 25.9. The molecule has 0 aliphatic rings. The first kappa shape index (κ1) is 34.6. The van der Waals surface area contributed by atoms with Crippen molar-refractivity contribution in [1.29, 1.82) is 0 Å². The van der Waals surface area contributed by atoms with Crippen LogP contribution in [0.1, 0.15) is 52.9 Å². The molecule has 1 aromatic rings. The van der Waals surface area contributed by atoms with Crippen molar-refractivity contribution in [2.45, 2.75) is 75.0 Å². The molecule has 0 aromatic carbocycles.